The predicted octanol–water partition coefficient (Wildman–Crippen LogP) is 2.68. The fourth-order valence-electron chi connectivity index (χ4n) is 1.83. The van der Waals surface area contributed by atoms with Gasteiger partial charge in [-0.3, -0.25) is 0 Å². The van der Waals surface area contributed by atoms with E-state index in [1.165, 1.54) is 5.56 Å². The lowest BCUT2D eigenvalue weighted by Gasteiger charge is -2.00. The van der Waals surface area contributed by atoms with Crippen LogP contribution in [-0.4, -0.2) is 17.0 Å². The summed E-state index contributed by atoms with van der Waals surface area (Å²) >= 11 is 5.97. The highest BCUT2D eigenvalue weighted by atomic mass is 35.5. The Hall–Kier alpha value is -1.32. The molecule has 1 heterocycles. The van der Waals surface area contributed by atoms with E-state index in [2.05, 4.69) is 21.4 Å². The van der Waals surface area contributed by atoms with Crippen LogP contribution in [0.15, 0.2) is 24.3 Å². The van der Waals surface area contributed by atoms with Gasteiger partial charge in [0.25, 0.3) is 0 Å². The van der Waals surface area contributed by atoms with Gasteiger partial charge in [-0.1, -0.05) is 23.7 Å². The third-order valence-electron chi connectivity index (χ3n) is 2.64. The molecule has 0 atom stereocenters. The second-order valence-electron chi connectivity index (χ2n) is 4.09. The minimum absolute atomic E-state index is 0.760. The molecule has 1 aromatic carbocycles. The summed E-state index contributed by atoms with van der Waals surface area (Å²) in [5.41, 5.74) is 3.39. The van der Waals surface area contributed by atoms with E-state index in [1.807, 2.05) is 32.2 Å². The maximum absolute atomic E-state index is 5.97. The number of nitrogens with zero attached hydrogens (tertiary/aromatic N) is 1. The van der Waals surface area contributed by atoms with E-state index in [0.29, 0.717) is 0 Å². The molecule has 0 bridgehead atoms. The summed E-state index contributed by atoms with van der Waals surface area (Å²) in [7, 11) is 1.91. The molecule has 2 N–H and O–H groups in total. The molecule has 0 radical (unpaired) electrons. The number of aryl methyl sites for hydroxylation is 1. The molecule has 0 unspecified atom stereocenters. The number of H-pyrrole nitrogens is 1. The van der Waals surface area contributed by atoms with Gasteiger partial charge in [-0.2, -0.15) is 0 Å². The first-order valence-corrected chi connectivity index (χ1v) is 6.00. The zero-order valence-electron chi connectivity index (χ0n) is 10.0. The monoisotopic (exact) mass is 249 g/mol. The van der Waals surface area contributed by atoms with Crippen LogP contribution in [0.4, 0.5) is 0 Å². The predicted molar refractivity (Wildman–Crippen MR) is 70.3 cm³/mol. The number of aromatic nitrogens is 2. The van der Waals surface area contributed by atoms with Crippen LogP contribution in [0.5, 0.6) is 0 Å². The van der Waals surface area contributed by atoms with Crippen LogP contribution in [-0.2, 0) is 13.0 Å². The molecule has 0 aliphatic heterocycles. The van der Waals surface area contributed by atoms with Gasteiger partial charge in [-0.25, -0.2) is 4.98 Å². The number of nitrogens with one attached hydrogen (secondary N) is 2. The minimum Gasteiger partial charge on any atom is -0.345 e. The van der Waals surface area contributed by atoms with Crippen LogP contribution in [0.2, 0.25) is 5.02 Å². The first-order valence-electron chi connectivity index (χ1n) is 5.62. The topological polar surface area (TPSA) is 40.7 Å². The molecule has 4 heteroatoms. The van der Waals surface area contributed by atoms with Crippen LogP contribution < -0.4 is 5.32 Å². The summed E-state index contributed by atoms with van der Waals surface area (Å²) in [4.78, 5) is 7.84. The third-order valence-corrected chi connectivity index (χ3v) is 2.87. The summed E-state index contributed by atoms with van der Waals surface area (Å²) in [5.74, 6) is 0.974. The first kappa shape index (κ1) is 12.1. The number of hydrogen-bond donors (Lipinski definition) is 2. The lowest BCUT2D eigenvalue weighted by molar-refractivity contribution is 0.768. The van der Waals surface area contributed by atoms with Gasteiger partial charge in [-0.15, -0.1) is 0 Å². The number of hydrogen-bond acceptors (Lipinski definition) is 2. The summed E-state index contributed by atoms with van der Waals surface area (Å²) in [6, 6.07) is 7.90. The average Bonchev–Trinajstić information content (AvgIpc) is 2.60. The number of halogens is 1. The Morgan fingerprint density at radius 2 is 2.24 bits per heavy atom. The molecule has 3 nitrogen and oxygen atoms in total. The highest BCUT2D eigenvalue weighted by Gasteiger charge is 2.07. The lowest BCUT2D eigenvalue weighted by Crippen LogP contribution is -2.06. The number of imidazole rings is 1. The van der Waals surface area contributed by atoms with Crippen molar-refractivity contribution in [2.45, 2.75) is 19.9 Å². The van der Waals surface area contributed by atoms with Gasteiger partial charge in [0.15, 0.2) is 0 Å². The molecule has 2 aromatic rings. The Morgan fingerprint density at radius 1 is 1.41 bits per heavy atom. The van der Waals surface area contributed by atoms with Crippen molar-refractivity contribution in [3.63, 3.8) is 0 Å². The van der Waals surface area contributed by atoms with Crippen molar-refractivity contribution < 1.29 is 0 Å². The van der Waals surface area contributed by atoms with Crippen LogP contribution in [0.25, 0.3) is 0 Å². The first-order chi connectivity index (χ1) is 8.19. The molecule has 0 spiro atoms. The molecule has 0 aliphatic rings. The van der Waals surface area contributed by atoms with Crippen LogP contribution >= 0.6 is 11.6 Å². The van der Waals surface area contributed by atoms with Crippen molar-refractivity contribution in [3.05, 3.63) is 52.1 Å². The van der Waals surface area contributed by atoms with Crippen LogP contribution in [0.1, 0.15) is 22.8 Å². The normalized spacial score (nSPS) is 10.8. The third kappa shape index (κ3) is 3.08. The maximum atomic E-state index is 5.97. The van der Waals surface area contributed by atoms with Crippen molar-refractivity contribution in [2.75, 3.05) is 7.05 Å². The van der Waals surface area contributed by atoms with E-state index in [4.69, 9.17) is 11.6 Å². The molecule has 2 rings (SSSR count). The van der Waals surface area contributed by atoms with Crippen LogP contribution in [0.3, 0.4) is 0 Å². The van der Waals surface area contributed by atoms with E-state index in [9.17, 15) is 0 Å². The van der Waals surface area contributed by atoms with Crippen molar-refractivity contribution >= 4 is 11.6 Å². The SMILES string of the molecule is CNCc1nc(Cc2cccc(Cl)c2)c(C)[nH]1. The lowest BCUT2D eigenvalue weighted by atomic mass is 10.1. The Bertz CT molecular complexity index is 505. The van der Waals surface area contributed by atoms with Crippen molar-refractivity contribution in [1.29, 1.82) is 0 Å². The summed E-state index contributed by atoms with van der Waals surface area (Å²) in [6.45, 7) is 2.81. The number of aromatic amines is 1. The molecule has 0 saturated carbocycles. The van der Waals surface area contributed by atoms with Crippen molar-refractivity contribution in [3.8, 4) is 0 Å². The minimum atomic E-state index is 0.760. The molecule has 0 amide bonds. The molecule has 17 heavy (non-hydrogen) atoms. The van der Waals surface area contributed by atoms with E-state index in [0.717, 1.165) is 35.2 Å². The summed E-state index contributed by atoms with van der Waals surface area (Å²) < 4.78 is 0. The Morgan fingerprint density at radius 3 is 2.94 bits per heavy atom. The summed E-state index contributed by atoms with van der Waals surface area (Å²) in [6.07, 6.45) is 0.812. The van der Waals surface area contributed by atoms with Gasteiger partial charge in [0.1, 0.15) is 5.82 Å². The average molecular weight is 250 g/mol. The fourth-order valence-corrected chi connectivity index (χ4v) is 2.04. The van der Waals surface area contributed by atoms with Gasteiger partial charge in [0, 0.05) is 17.1 Å². The maximum Gasteiger partial charge on any atom is 0.120 e. The number of benzene rings is 1. The molecule has 0 fully saturated rings. The molecule has 90 valence electrons. The largest absolute Gasteiger partial charge is 0.345 e. The van der Waals surface area contributed by atoms with Gasteiger partial charge in [0.05, 0.1) is 12.2 Å². The second kappa shape index (κ2) is 5.34. The highest BCUT2D eigenvalue weighted by molar-refractivity contribution is 6.30. The van der Waals surface area contributed by atoms with Gasteiger partial charge >= 0.3 is 0 Å². The Kier molecular flexibility index (Phi) is 3.82. The standard InChI is InChI=1S/C13H16ClN3/c1-9-12(17-13(16-9)8-15-2)7-10-4-3-5-11(14)6-10/h3-6,15H,7-8H2,1-2H3,(H,16,17). The van der Waals surface area contributed by atoms with Crippen molar-refractivity contribution in [1.82, 2.24) is 15.3 Å². The molecule has 0 aliphatic carbocycles. The van der Waals surface area contributed by atoms with Gasteiger partial charge in [-0.05, 0) is 31.7 Å². The summed E-state index contributed by atoms with van der Waals surface area (Å²) in [5, 5.41) is 3.85. The smallest absolute Gasteiger partial charge is 0.120 e. The van der Waals surface area contributed by atoms with E-state index < -0.39 is 0 Å². The zero-order valence-corrected chi connectivity index (χ0v) is 10.8. The molecule has 1 aromatic heterocycles. The molecular weight excluding hydrogens is 234 g/mol. The second-order valence-corrected chi connectivity index (χ2v) is 4.53. The Labute approximate surface area is 106 Å². The zero-order chi connectivity index (χ0) is 12.3. The van der Waals surface area contributed by atoms with Gasteiger partial charge < -0.3 is 10.3 Å². The fraction of sp³-hybridized carbons (Fsp3) is 0.308. The molecule has 0 saturated heterocycles. The Balaban J connectivity index is 2.18. The van der Waals surface area contributed by atoms with E-state index in [-0.39, 0.29) is 0 Å². The van der Waals surface area contributed by atoms with E-state index in [1.54, 1.807) is 0 Å². The van der Waals surface area contributed by atoms with Crippen LogP contribution in [0, 0.1) is 6.92 Å². The number of rotatable bonds is 4. The van der Waals surface area contributed by atoms with E-state index >= 15 is 0 Å². The quantitative estimate of drug-likeness (QED) is 0.875. The van der Waals surface area contributed by atoms with Crippen molar-refractivity contribution in [2.24, 2.45) is 0 Å². The van der Waals surface area contributed by atoms with Gasteiger partial charge in [0.2, 0.25) is 0 Å². The highest BCUT2D eigenvalue weighted by Crippen LogP contribution is 2.15. The molecular formula is C13H16ClN3.